The van der Waals surface area contributed by atoms with Crippen LogP contribution in [0.5, 0.6) is 0 Å². The molecule has 30 heavy (non-hydrogen) atoms. The van der Waals surface area contributed by atoms with E-state index in [0.29, 0.717) is 34.4 Å². The lowest BCUT2D eigenvalue weighted by molar-refractivity contribution is -0.114. The summed E-state index contributed by atoms with van der Waals surface area (Å²) in [5.74, 6) is -0.633. The Hall–Kier alpha value is -3.93. The van der Waals surface area contributed by atoms with Gasteiger partial charge in [0.2, 0.25) is 5.91 Å². The average Bonchev–Trinajstić information content (AvgIpc) is 3.06. The number of benzene rings is 3. The van der Waals surface area contributed by atoms with E-state index in [9.17, 15) is 14.0 Å². The van der Waals surface area contributed by atoms with Gasteiger partial charge in [0.1, 0.15) is 17.2 Å². The number of halogens is 1. The van der Waals surface area contributed by atoms with Gasteiger partial charge in [-0.15, -0.1) is 0 Å². The molecule has 5 nitrogen and oxygen atoms in total. The van der Waals surface area contributed by atoms with E-state index in [-0.39, 0.29) is 11.7 Å². The van der Waals surface area contributed by atoms with Gasteiger partial charge in [0.05, 0.1) is 5.56 Å². The molecular formula is C24H19FN2O3. The predicted octanol–water partition coefficient (Wildman–Crippen LogP) is 4.89. The summed E-state index contributed by atoms with van der Waals surface area (Å²) in [6.07, 6.45) is 0.320. The number of furan rings is 1. The van der Waals surface area contributed by atoms with E-state index in [1.54, 1.807) is 24.3 Å². The molecule has 0 atom stereocenters. The first-order chi connectivity index (χ1) is 14.4. The zero-order valence-electron chi connectivity index (χ0n) is 16.2. The van der Waals surface area contributed by atoms with E-state index in [1.165, 1.54) is 19.1 Å². The average molecular weight is 402 g/mol. The molecule has 0 aliphatic carbocycles. The van der Waals surface area contributed by atoms with Gasteiger partial charge in [-0.25, -0.2) is 4.39 Å². The van der Waals surface area contributed by atoms with Crippen LogP contribution >= 0.6 is 0 Å². The fourth-order valence-corrected chi connectivity index (χ4v) is 3.49. The molecule has 4 rings (SSSR count). The summed E-state index contributed by atoms with van der Waals surface area (Å²) in [6, 6.07) is 18.9. The van der Waals surface area contributed by atoms with Crippen molar-refractivity contribution in [2.75, 3.05) is 5.32 Å². The molecule has 0 saturated carbocycles. The summed E-state index contributed by atoms with van der Waals surface area (Å²) >= 11 is 0. The maximum Gasteiger partial charge on any atom is 0.252 e. The molecule has 2 amide bonds. The number of amides is 2. The van der Waals surface area contributed by atoms with Crippen molar-refractivity contribution in [3.8, 4) is 11.1 Å². The number of rotatable bonds is 5. The molecule has 0 unspecified atom stereocenters. The first kappa shape index (κ1) is 19.4. The van der Waals surface area contributed by atoms with Crippen LogP contribution in [-0.4, -0.2) is 11.8 Å². The van der Waals surface area contributed by atoms with Crippen molar-refractivity contribution in [2.45, 2.75) is 13.3 Å². The van der Waals surface area contributed by atoms with Gasteiger partial charge in [0.25, 0.3) is 5.91 Å². The van der Waals surface area contributed by atoms with Crippen LogP contribution in [0.3, 0.4) is 0 Å². The number of anilines is 1. The fraction of sp³-hybridized carbons (Fsp3) is 0.0833. The zero-order valence-corrected chi connectivity index (χ0v) is 16.2. The molecule has 0 fully saturated rings. The third-order valence-electron chi connectivity index (χ3n) is 4.80. The van der Waals surface area contributed by atoms with E-state index in [1.807, 2.05) is 30.3 Å². The Labute approximate surface area is 172 Å². The molecule has 0 aliphatic heterocycles. The van der Waals surface area contributed by atoms with E-state index in [0.717, 1.165) is 16.7 Å². The molecule has 1 heterocycles. The Morgan fingerprint density at radius 3 is 2.43 bits per heavy atom. The SMILES string of the molecule is CC(=O)Nc1cccc(-c2ccc3oc(Cc4ccc(F)cc4)c(C(N)=O)c3c2)c1. The third kappa shape index (κ3) is 3.93. The number of nitrogens with one attached hydrogen (secondary N) is 1. The molecule has 0 bridgehead atoms. The highest BCUT2D eigenvalue weighted by molar-refractivity contribution is 6.07. The second-order valence-corrected chi connectivity index (χ2v) is 7.04. The first-order valence-electron chi connectivity index (χ1n) is 9.38. The topological polar surface area (TPSA) is 85.3 Å². The molecule has 0 radical (unpaired) electrons. The molecule has 3 aromatic carbocycles. The highest BCUT2D eigenvalue weighted by Crippen LogP contribution is 2.32. The van der Waals surface area contributed by atoms with Crippen molar-refractivity contribution in [3.05, 3.63) is 89.4 Å². The largest absolute Gasteiger partial charge is 0.460 e. The van der Waals surface area contributed by atoms with Crippen LogP contribution in [-0.2, 0) is 11.2 Å². The lowest BCUT2D eigenvalue weighted by atomic mass is 10.00. The Bertz CT molecular complexity index is 1260. The van der Waals surface area contributed by atoms with Crippen molar-refractivity contribution in [3.63, 3.8) is 0 Å². The normalized spacial score (nSPS) is 10.9. The van der Waals surface area contributed by atoms with E-state index < -0.39 is 5.91 Å². The minimum atomic E-state index is -0.588. The van der Waals surface area contributed by atoms with Gasteiger partial charge in [0.15, 0.2) is 0 Å². The van der Waals surface area contributed by atoms with Crippen LogP contribution in [0.2, 0.25) is 0 Å². The monoisotopic (exact) mass is 402 g/mol. The number of carbonyl (C=O) groups excluding carboxylic acids is 2. The Morgan fingerprint density at radius 2 is 1.73 bits per heavy atom. The minimum absolute atomic E-state index is 0.154. The molecule has 150 valence electrons. The van der Waals surface area contributed by atoms with Crippen LogP contribution in [0.1, 0.15) is 28.6 Å². The molecule has 4 aromatic rings. The van der Waals surface area contributed by atoms with Gasteiger partial charge in [-0.1, -0.05) is 30.3 Å². The van der Waals surface area contributed by atoms with E-state index >= 15 is 0 Å². The Kier molecular flexibility index (Phi) is 5.06. The minimum Gasteiger partial charge on any atom is -0.460 e. The maximum atomic E-state index is 13.2. The van der Waals surface area contributed by atoms with E-state index in [2.05, 4.69) is 5.32 Å². The maximum absolute atomic E-state index is 13.2. The lowest BCUT2D eigenvalue weighted by Crippen LogP contribution is -2.12. The Balaban J connectivity index is 1.77. The van der Waals surface area contributed by atoms with Gasteiger partial charge in [-0.05, 0) is 53.1 Å². The molecule has 0 saturated heterocycles. The van der Waals surface area contributed by atoms with Crippen LogP contribution in [0.25, 0.3) is 22.1 Å². The number of fused-ring (bicyclic) bond motifs is 1. The van der Waals surface area contributed by atoms with Crippen LogP contribution in [0.15, 0.2) is 71.1 Å². The number of nitrogens with two attached hydrogens (primary N) is 1. The second kappa shape index (κ2) is 7.83. The summed E-state index contributed by atoms with van der Waals surface area (Å²) in [4.78, 5) is 23.6. The number of carbonyl (C=O) groups is 2. The smallest absolute Gasteiger partial charge is 0.252 e. The highest BCUT2D eigenvalue weighted by atomic mass is 19.1. The zero-order chi connectivity index (χ0) is 21.3. The second-order valence-electron chi connectivity index (χ2n) is 7.04. The summed E-state index contributed by atoms with van der Waals surface area (Å²) in [5, 5.41) is 3.37. The van der Waals surface area contributed by atoms with Gasteiger partial charge in [0, 0.05) is 24.4 Å². The van der Waals surface area contributed by atoms with Crippen molar-refractivity contribution in [2.24, 2.45) is 5.73 Å². The molecule has 6 heteroatoms. The van der Waals surface area contributed by atoms with Gasteiger partial charge in [-0.2, -0.15) is 0 Å². The van der Waals surface area contributed by atoms with Gasteiger partial charge < -0.3 is 15.5 Å². The predicted molar refractivity (Wildman–Crippen MR) is 114 cm³/mol. The lowest BCUT2D eigenvalue weighted by Gasteiger charge is -2.06. The summed E-state index contributed by atoms with van der Waals surface area (Å²) in [5.41, 5.74) is 9.74. The summed E-state index contributed by atoms with van der Waals surface area (Å²) < 4.78 is 19.1. The Morgan fingerprint density at radius 1 is 1.00 bits per heavy atom. The van der Waals surface area contributed by atoms with E-state index in [4.69, 9.17) is 10.2 Å². The van der Waals surface area contributed by atoms with Crippen LogP contribution < -0.4 is 11.1 Å². The van der Waals surface area contributed by atoms with Crippen molar-refractivity contribution < 1.29 is 18.4 Å². The standard InChI is InChI=1S/C24H19FN2O3/c1-14(28)27-19-4-2-3-16(12-19)17-7-10-21-20(13-17)23(24(26)29)22(30-21)11-15-5-8-18(25)9-6-15/h2-10,12-13H,11H2,1H3,(H2,26,29)(H,27,28). The molecule has 0 spiro atoms. The van der Waals surface area contributed by atoms with Crippen LogP contribution in [0.4, 0.5) is 10.1 Å². The summed E-state index contributed by atoms with van der Waals surface area (Å²) in [7, 11) is 0. The molecular weight excluding hydrogens is 383 g/mol. The van der Waals surface area contributed by atoms with Crippen molar-refractivity contribution in [1.29, 1.82) is 0 Å². The van der Waals surface area contributed by atoms with Crippen molar-refractivity contribution >= 4 is 28.5 Å². The van der Waals surface area contributed by atoms with Gasteiger partial charge in [-0.3, -0.25) is 9.59 Å². The number of hydrogen-bond donors (Lipinski definition) is 2. The fourth-order valence-electron chi connectivity index (χ4n) is 3.49. The summed E-state index contributed by atoms with van der Waals surface area (Å²) in [6.45, 7) is 1.45. The number of primary amides is 1. The quantitative estimate of drug-likeness (QED) is 0.499. The molecule has 0 aliphatic rings. The van der Waals surface area contributed by atoms with Crippen molar-refractivity contribution in [1.82, 2.24) is 0 Å². The van der Waals surface area contributed by atoms with Crippen LogP contribution in [0, 0.1) is 5.82 Å². The molecule has 3 N–H and O–H groups in total. The molecule has 1 aromatic heterocycles. The highest BCUT2D eigenvalue weighted by Gasteiger charge is 2.20. The third-order valence-corrected chi connectivity index (χ3v) is 4.80. The first-order valence-corrected chi connectivity index (χ1v) is 9.38. The van der Waals surface area contributed by atoms with Gasteiger partial charge >= 0.3 is 0 Å². The number of hydrogen-bond acceptors (Lipinski definition) is 3.